The van der Waals surface area contributed by atoms with Crippen LogP contribution in [0.25, 0.3) is 0 Å². The Morgan fingerprint density at radius 2 is 1.78 bits per heavy atom. The molecule has 2 heteroatoms. The summed E-state index contributed by atoms with van der Waals surface area (Å²) in [5, 5.41) is 12.7. The Morgan fingerprint density at radius 1 is 1.17 bits per heavy atom. The Labute approximate surface area is 110 Å². The van der Waals surface area contributed by atoms with E-state index in [0.29, 0.717) is 0 Å². The molecule has 100 valence electrons. The molecule has 0 bridgehead atoms. The number of nitrogens with one attached hydrogen (secondary N) is 1. The van der Waals surface area contributed by atoms with Crippen LogP contribution in [0.5, 0.6) is 0 Å². The van der Waals surface area contributed by atoms with Gasteiger partial charge in [0.25, 0.3) is 0 Å². The fourth-order valence-corrected chi connectivity index (χ4v) is 2.64. The van der Waals surface area contributed by atoms with Gasteiger partial charge >= 0.3 is 0 Å². The number of rotatable bonds is 5. The molecular formula is C16H25NO. The molecule has 1 aliphatic rings. The highest BCUT2D eigenvalue weighted by molar-refractivity contribution is 5.23. The van der Waals surface area contributed by atoms with E-state index in [1.165, 1.54) is 43.5 Å². The van der Waals surface area contributed by atoms with E-state index in [4.69, 9.17) is 0 Å². The molecule has 1 saturated heterocycles. The maximum Gasteiger partial charge on any atom is 0.0515 e. The van der Waals surface area contributed by atoms with Crippen LogP contribution < -0.4 is 5.32 Å². The van der Waals surface area contributed by atoms with Gasteiger partial charge in [-0.05, 0) is 69.2 Å². The monoisotopic (exact) mass is 247 g/mol. The quantitative estimate of drug-likeness (QED) is 0.838. The van der Waals surface area contributed by atoms with Crippen molar-refractivity contribution in [2.45, 2.75) is 45.1 Å². The van der Waals surface area contributed by atoms with Crippen molar-refractivity contribution in [1.82, 2.24) is 5.32 Å². The van der Waals surface area contributed by atoms with Gasteiger partial charge in [0.2, 0.25) is 0 Å². The normalized spacial score (nSPS) is 18.8. The van der Waals surface area contributed by atoms with Gasteiger partial charge < -0.3 is 10.4 Å². The Kier molecular flexibility index (Phi) is 5.21. The van der Waals surface area contributed by atoms with E-state index in [1.807, 2.05) is 6.92 Å². The van der Waals surface area contributed by atoms with E-state index in [9.17, 15) is 5.11 Å². The van der Waals surface area contributed by atoms with Gasteiger partial charge in [0.05, 0.1) is 6.10 Å². The molecule has 1 unspecified atom stereocenters. The third kappa shape index (κ3) is 4.43. The second-order valence-electron chi connectivity index (χ2n) is 5.60. The van der Waals surface area contributed by atoms with Crippen LogP contribution in [0.3, 0.4) is 0 Å². The summed E-state index contributed by atoms with van der Waals surface area (Å²) in [5.74, 6) is 0.856. The van der Waals surface area contributed by atoms with E-state index >= 15 is 0 Å². The van der Waals surface area contributed by atoms with Gasteiger partial charge in [0, 0.05) is 0 Å². The molecule has 1 atom stereocenters. The van der Waals surface area contributed by atoms with E-state index in [1.54, 1.807) is 0 Å². The van der Waals surface area contributed by atoms with Crippen molar-refractivity contribution in [2.24, 2.45) is 5.92 Å². The van der Waals surface area contributed by atoms with E-state index < -0.39 is 0 Å². The standard InChI is InChI=1S/C16H25NO/c1-13(18)2-3-14-4-6-15(7-5-14)12-16-8-10-17-11-9-16/h4-7,13,16-18H,2-3,8-12H2,1H3. The van der Waals surface area contributed by atoms with Crippen molar-refractivity contribution in [3.63, 3.8) is 0 Å². The molecule has 2 nitrogen and oxygen atoms in total. The number of aryl methyl sites for hydroxylation is 1. The Balaban J connectivity index is 1.83. The zero-order chi connectivity index (χ0) is 12.8. The molecule has 2 N–H and O–H groups in total. The molecule has 0 amide bonds. The van der Waals surface area contributed by atoms with Gasteiger partial charge in [-0.3, -0.25) is 0 Å². The Hall–Kier alpha value is -0.860. The number of aliphatic hydroxyl groups excluding tert-OH is 1. The average molecular weight is 247 g/mol. The second kappa shape index (κ2) is 6.91. The van der Waals surface area contributed by atoms with Crippen LogP contribution in [0.4, 0.5) is 0 Å². The van der Waals surface area contributed by atoms with Crippen LogP contribution in [0.1, 0.15) is 37.3 Å². The Morgan fingerprint density at radius 3 is 2.39 bits per heavy atom. The largest absolute Gasteiger partial charge is 0.393 e. The molecule has 2 rings (SSSR count). The fourth-order valence-electron chi connectivity index (χ4n) is 2.64. The lowest BCUT2D eigenvalue weighted by molar-refractivity contribution is 0.185. The minimum atomic E-state index is -0.195. The van der Waals surface area contributed by atoms with Crippen molar-refractivity contribution in [1.29, 1.82) is 0 Å². The molecule has 0 spiro atoms. The lowest BCUT2D eigenvalue weighted by Gasteiger charge is -2.22. The lowest BCUT2D eigenvalue weighted by atomic mass is 9.90. The summed E-state index contributed by atoms with van der Waals surface area (Å²) in [6.45, 7) is 4.21. The number of piperidine rings is 1. The zero-order valence-electron chi connectivity index (χ0n) is 11.4. The maximum absolute atomic E-state index is 9.28. The van der Waals surface area contributed by atoms with Gasteiger partial charge in [0.15, 0.2) is 0 Å². The van der Waals surface area contributed by atoms with Crippen LogP contribution in [0, 0.1) is 5.92 Å². The van der Waals surface area contributed by atoms with Gasteiger partial charge in [0.1, 0.15) is 0 Å². The third-order valence-corrected chi connectivity index (χ3v) is 3.86. The summed E-state index contributed by atoms with van der Waals surface area (Å²) < 4.78 is 0. The molecule has 0 saturated carbocycles. The van der Waals surface area contributed by atoms with Crippen LogP contribution in [0.15, 0.2) is 24.3 Å². The van der Waals surface area contributed by atoms with Crippen LogP contribution in [0.2, 0.25) is 0 Å². The van der Waals surface area contributed by atoms with Gasteiger partial charge in [-0.2, -0.15) is 0 Å². The zero-order valence-corrected chi connectivity index (χ0v) is 11.4. The van der Waals surface area contributed by atoms with Crippen molar-refractivity contribution < 1.29 is 5.11 Å². The summed E-state index contributed by atoms with van der Waals surface area (Å²) in [6, 6.07) is 8.97. The highest BCUT2D eigenvalue weighted by Crippen LogP contribution is 2.18. The van der Waals surface area contributed by atoms with E-state index in [2.05, 4.69) is 29.6 Å². The van der Waals surface area contributed by atoms with Crippen molar-refractivity contribution >= 4 is 0 Å². The van der Waals surface area contributed by atoms with Crippen molar-refractivity contribution in [3.05, 3.63) is 35.4 Å². The van der Waals surface area contributed by atoms with Crippen LogP contribution >= 0.6 is 0 Å². The van der Waals surface area contributed by atoms with Gasteiger partial charge in [-0.25, -0.2) is 0 Å². The summed E-state index contributed by atoms with van der Waals surface area (Å²) in [5.41, 5.74) is 2.80. The number of hydrogen-bond donors (Lipinski definition) is 2. The van der Waals surface area contributed by atoms with Gasteiger partial charge in [-0.1, -0.05) is 24.3 Å². The van der Waals surface area contributed by atoms with Crippen molar-refractivity contribution in [3.8, 4) is 0 Å². The molecular weight excluding hydrogens is 222 g/mol. The first-order valence-electron chi connectivity index (χ1n) is 7.20. The number of hydrogen-bond acceptors (Lipinski definition) is 2. The molecule has 1 fully saturated rings. The molecule has 18 heavy (non-hydrogen) atoms. The average Bonchev–Trinajstić information content (AvgIpc) is 2.39. The second-order valence-corrected chi connectivity index (χ2v) is 5.60. The predicted octanol–water partition coefficient (Wildman–Crippen LogP) is 2.54. The van der Waals surface area contributed by atoms with Crippen molar-refractivity contribution in [2.75, 3.05) is 13.1 Å². The van der Waals surface area contributed by atoms with E-state index in [0.717, 1.165) is 18.8 Å². The SMILES string of the molecule is CC(O)CCc1ccc(CC2CCNCC2)cc1. The molecule has 1 heterocycles. The summed E-state index contributed by atoms with van der Waals surface area (Å²) in [4.78, 5) is 0. The molecule has 0 aliphatic carbocycles. The van der Waals surface area contributed by atoms with E-state index in [-0.39, 0.29) is 6.10 Å². The molecule has 0 radical (unpaired) electrons. The van der Waals surface area contributed by atoms with Gasteiger partial charge in [-0.15, -0.1) is 0 Å². The van der Waals surface area contributed by atoms with Crippen LogP contribution in [-0.4, -0.2) is 24.3 Å². The lowest BCUT2D eigenvalue weighted by Crippen LogP contribution is -2.28. The molecule has 1 aromatic rings. The first-order chi connectivity index (χ1) is 8.74. The molecule has 1 aromatic carbocycles. The predicted molar refractivity (Wildman–Crippen MR) is 75.7 cm³/mol. The van der Waals surface area contributed by atoms with Crippen LogP contribution in [-0.2, 0) is 12.8 Å². The third-order valence-electron chi connectivity index (χ3n) is 3.86. The minimum absolute atomic E-state index is 0.195. The maximum atomic E-state index is 9.28. The number of benzene rings is 1. The highest BCUT2D eigenvalue weighted by Gasteiger charge is 2.13. The summed E-state index contributed by atoms with van der Waals surface area (Å²) in [7, 11) is 0. The first-order valence-corrected chi connectivity index (χ1v) is 7.20. The highest BCUT2D eigenvalue weighted by atomic mass is 16.3. The summed E-state index contributed by atoms with van der Waals surface area (Å²) >= 11 is 0. The number of aliphatic hydroxyl groups is 1. The fraction of sp³-hybridized carbons (Fsp3) is 0.625. The summed E-state index contributed by atoms with van der Waals surface area (Å²) in [6.07, 6.45) is 5.48. The first kappa shape index (κ1) is 13.6. The molecule has 1 aliphatic heterocycles. The minimum Gasteiger partial charge on any atom is -0.393 e. The Bertz CT molecular complexity index is 339. The topological polar surface area (TPSA) is 32.3 Å². The molecule has 0 aromatic heterocycles. The smallest absolute Gasteiger partial charge is 0.0515 e.